The second-order valence-corrected chi connectivity index (χ2v) is 8.03. The van der Waals surface area contributed by atoms with Crippen LogP contribution in [0, 0.1) is 0 Å². The number of aromatic nitrogens is 1. The molecule has 0 fully saturated rings. The predicted octanol–water partition coefficient (Wildman–Crippen LogP) is 4.76. The van der Waals surface area contributed by atoms with Crippen LogP contribution in [0.5, 0.6) is 0 Å². The van der Waals surface area contributed by atoms with Crippen molar-refractivity contribution in [3.05, 3.63) is 42.1 Å². The average molecular weight is 320 g/mol. The molecule has 2 rings (SSSR count). The third kappa shape index (κ3) is 5.25. The molecule has 22 heavy (non-hydrogen) atoms. The summed E-state index contributed by atoms with van der Waals surface area (Å²) in [6, 6.07) is 12.4. The number of hydroxylamine groups is 2. The third-order valence-corrected chi connectivity index (χ3v) is 3.59. The zero-order chi connectivity index (χ0) is 16.2. The highest BCUT2D eigenvalue weighted by molar-refractivity contribution is 7.95. The van der Waals surface area contributed by atoms with Gasteiger partial charge in [0.15, 0.2) is 0 Å². The van der Waals surface area contributed by atoms with Gasteiger partial charge in [0.05, 0.1) is 17.8 Å². The van der Waals surface area contributed by atoms with Crippen LogP contribution in [0.3, 0.4) is 0 Å². The Morgan fingerprint density at radius 1 is 1.14 bits per heavy atom. The van der Waals surface area contributed by atoms with E-state index in [2.05, 4.69) is 51.7 Å². The zero-order valence-electron chi connectivity index (χ0n) is 13.9. The summed E-state index contributed by atoms with van der Waals surface area (Å²) >= 11 is 1.31. The molecule has 0 saturated heterocycles. The molecule has 0 aliphatic carbocycles. The molecule has 0 spiro atoms. The van der Waals surface area contributed by atoms with Crippen molar-refractivity contribution in [1.82, 2.24) is 10.0 Å². The van der Waals surface area contributed by atoms with E-state index in [1.807, 2.05) is 24.3 Å². The summed E-state index contributed by atoms with van der Waals surface area (Å²) in [6.45, 7) is 10.9. The Morgan fingerprint density at radius 2 is 1.86 bits per heavy atom. The first-order valence-corrected chi connectivity index (χ1v) is 8.23. The molecule has 5 heteroatoms. The molecule has 0 aliphatic rings. The highest BCUT2D eigenvalue weighted by Crippen LogP contribution is 2.25. The van der Waals surface area contributed by atoms with Crippen molar-refractivity contribution in [2.75, 3.05) is 0 Å². The summed E-state index contributed by atoms with van der Waals surface area (Å²) in [6.07, 6.45) is 0. The van der Waals surface area contributed by atoms with E-state index in [1.54, 1.807) is 5.06 Å². The molecule has 0 bridgehead atoms. The lowest BCUT2D eigenvalue weighted by Gasteiger charge is -2.24. The lowest BCUT2D eigenvalue weighted by atomic mass is 10.2. The summed E-state index contributed by atoms with van der Waals surface area (Å²) in [5.74, 6) is 0. The maximum atomic E-state index is 5.45. The highest BCUT2D eigenvalue weighted by Gasteiger charge is 2.17. The Balaban J connectivity index is 2.02. The number of pyridine rings is 1. The molecular weight excluding hydrogens is 296 g/mol. The van der Waals surface area contributed by atoms with Gasteiger partial charge in [-0.2, -0.15) is 0 Å². The normalized spacial score (nSPS) is 12.5. The molecule has 1 heterocycles. The van der Waals surface area contributed by atoms with Gasteiger partial charge in [0.2, 0.25) is 0 Å². The first-order valence-electron chi connectivity index (χ1n) is 7.49. The largest absolute Gasteiger partial charge is 0.251 e. The predicted molar refractivity (Wildman–Crippen MR) is 91.9 cm³/mol. The molecule has 120 valence electrons. The van der Waals surface area contributed by atoms with Gasteiger partial charge in [-0.25, -0.2) is 0 Å². The van der Waals surface area contributed by atoms with Gasteiger partial charge < -0.3 is 0 Å². The van der Waals surface area contributed by atoms with Gasteiger partial charge in [0, 0.05) is 28.2 Å². The molecule has 2 aromatic rings. The minimum Gasteiger partial charge on any atom is -0.251 e. The fourth-order valence-electron chi connectivity index (χ4n) is 1.81. The van der Waals surface area contributed by atoms with E-state index in [0.29, 0.717) is 6.54 Å². The number of benzene rings is 1. The Bertz CT molecular complexity index is 611. The number of hydrogen-bond acceptors (Lipinski definition) is 5. The number of rotatable bonds is 6. The van der Waals surface area contributed by atoms with Crippen LogP contribution in [-0.4, -0.2) is 20.8 Å². The van der Waals surface area contributed by atoms with Crippen molar-refractivity contribution in [3.63, 3.8) is 0 Å². The summed E-state index contributed by atoms with van der Waals surface area (Å²) in [4.78, 5) is 10.1. The van der Waals surface area contributed by atoms with Gasteiger partial charge >= 0.3 is 0 Å². The summed E-state index contributed by atoms with van der Waals surface area (Å²) in [5.41, 5.74) is 1.95. The van der Waals surface area contributed by atoms with E-state index in [1.165, 1.54) is 12.0 Å². The van der Waals surface area contributed by atoms with Gasteiger partial charge in [-0.15, -0.1) is 14.4 Å². The maximum Gasteiger partial charge on any atom is 0.0705 e. The molecule has 0 radical (unpaired) electrons. The van der Waals surface area contributed by atoms with Gasteiger partial charge in [0.25, 0.3) is 0 Å². The molecule has 0 aliphatic heterocycles. The topological polar surface area (TPSA) is 34.6 Å². The number of hydrogen-bond donors (Lipinski definition) is 0. The molecule has 0 unspecified atom stereocenters. The van der Waals surface area contributed by atoms with Crippen molar-refractivity contribution in [2.24, 2.45) is 0 Å². The van der Waals surface area contributed by atoms with Crippen molar-refractivity contribution in [1.29, 1.82) is 0 Å². The zero-order valence-corrected chi connectivity index (χ0v) is 14.7. The first kappa shape index (κ1) is 17.2. The van der Waals surface area contributed by atoms with Crippen LogP contribution in [0.4, 0.5) is 0 Å². The van der Waals surface area contributed by atoms with E-state index >= 15 is 0 Å². The molecule has 0 saturated carbocycles. The molecular formula is C17H24N2O2S. The van der Waals surface area contributed by atoms with Crippen LogP contribution >= 0.6 is 12.0 Å². The highest BCUT2D eigenvalue weighted by atomic mass is 32.2. The van der Waals surface area contributed by atoms with Crippen LogP contribution in [0.25, 0.3) is 10.9 Å². The molecule has 4 nitrogen and oxygen atoms in total. The van der Waals surface area contributed by atoms with Crippen molar-refractivity contribution in [2.45, 2.75) is 52.0 Å². The number of nitrogens with zero attached hydrogens (tertiary/aromatic N) is 2. The van der Waals surface area contributed by atoms with Crippen molar-refractivity contribution < 1.29 is 9.32 Å². The lowest BCUT2D eigenvalue weighted by Crippen LogP contribution is -2.30. The van der Waals surface area contributed by atoms with Gasteiger partial charge in [-0.05, 0) is 46.8 Å². The quantitative estimate of drug-likeness (QED) is 0.436. The third-order valence-electron chi connectivity index (χ3n) is 2.96. The van der Waals surface area contributed by atoms with Crippen LogP contribution in [0.15, 0.2) is 36.4 Å². The van der Waals surface area contributed by atoms with E-state index in [4.69, 9.17) is 9.32 Å². The van der Waals surface area contributed by atoms with Crippen LogP contribution < -0.4 is 0 Å². The monoisotopic (exact) mass is 320 g/mol. The Hall–Kier alpha value is -1.14. The van der Waals surface area contributed by atoms with Crippen LogP contribution in [0.2, 0.25) is 0 Å². The van der Waals surface area contributed by atoms with Crippen molar-refractivity contribution >= 4 is 22.9 Å². The molecule has 0 N–H and O–H groups in total. The fourth-order valence-corrected chi connectivity index (χ4v) is 2.12. The molecule has 0 amide bonds. The van der Waals surface area contributed by atoms with Gasteiger partial charge in [-0.3, -0.25) is 4.98 Å². The number of fused-ring (bicyclic) bond motifs is 1. The second kappa shape index (κ2) is 7.42. The smallest absolute Gasteiger partial charge is 0.0705 e. The minimum atomic E-state index is -0.0101. The Labute approximate surface area is 136 Å². The summed E-state index contributed by atoms with van der Waals surface area (Å²) < 4.78 is 5.29. The SMILES string of the molecule is CC(C)N(Cc1ccc2ccccc2n1)OOSC(C)(C)C. The van der Waals surface area contributed by atoms with E-state index < -0.39 is 0 Å². The van der Waals surface area contributed by atoms with Crippen LogP contribution in [-0.2, 0) is 15.9 Å². The van der Waals surface area contributed by atoms with E-state index in [9.17, 15) is 0 Å². The molecule has 1 aromatic carbocycles. The van der Waals surface area contributed by atoms with E-state index in [0.717, 1.165) is 16.6 Å². The Kier molecular flexibility index (Phi) is 5.81. The lowest BCUT2D eigenvalue weighted by molar-refractivity contribution is -0.376. The second-order valence-electron chi connectivity index (χ2n) is 6.50. The van der Waals surface area contributed by atoms with Crippen molar-refractivity contribution in [3.8, 4) is 0 Å². The fraction of sp³-hybridized carbons (Fsp3) is 0.471. The minimum absolute atomic E-state index is 0.0101. The first-order chi connectivity index (χ1) is 10.3. The van der Waals surface area contributed by atoms with Crippen LogP contribution in [0.1, 0.15) is 40.3 Å². The Morgan fingerprint density at radius 3 is 2.55 bits per heavy atom. The van der Waals surface area contributed by atoms with Gasteiger partial charge in [0.1, 0.15) is 0 Å². The van der Waals surface area contributed by atoms with E-state index in [-0.39, 0.29) is 10.8 Å². The molecule has 1 aromatic heterocycles. The molecule has 0 atom stereocenters. The maximum absolute atomic E-state index is 5.45. The summed E-state index contributed by atoms with van der Waals surface area (Å²) in [5, 5.41) is 2.93. The summed E-state index contributed by atoms with van der Waals surface area (Å²) in [7, 11) is 0. The van der Waals surface area contributed by atoms with Gasteiger partial charge in [-0.1, -0.05) is 24.3 Å². The number of para-hydroxylation sites is 1. The standard InChI is InChI=1S/C17H24N2O2S/c1-13(2)19(20-21-22-17(3,4)5)12-15-11-10-14-8-6-7-9-16(14)18-15/h6-11,13H,12H2,1-5H3. The average Bonchev–Trinajstić information content (AvgIpc) is 2.44.